The van der Waals surface area contributed by atoms with Gasteiger partial charge in [-0.1, -0.05) is 11.6 Å². The van der Waals surface area contributed by atoms with E-state index in [1.165, 1.54) is 13.4 Å². The molecule has 0 aliphatic rings. The molecular formula is C11H13ClN4OS. The van der Waals surface area contributed by atoms with E-state index in [-0.39, 0.29) is 11.2 Å². The lowest BCUT2D eigenvalue weighted by Crippen LogP contribution is -2.09. The first-order chi connectivity index (χ1) is 8.61. The Morgan fingerprint density at radius 3 is 2.83 bits per heavy atom. The van der Waals surface area contributed by atoms with Crippen molar-refractivity contribution in [2.45, 2.75) is 19.9 Å². The van der Waals surface area contributed by atoms with Gasteiger partial charge in [-0.15, -0.1) is 11.3 Å². The molecule has 1 atom stereocenters. The third-order valence-electron chi connectivity index (χ3n) is 2.32. The lowest BCUT2D eigenvalue weighted by Gasteiger charge is -2.14. The van der Waals surface area contributed by atoms with Crippen molar-refractivity contribution in [1.29, 1.82) is 0 Å². The van der Waals surface area contributed by atoms with E-state index in [2.05, 4.69) is 20.3 Å². The fourth-order valence-electron chi connectivity index (χ4n) is 1.47. The first-order valence-corrected chi connectivity index (χ1v) is 6.60. The Hall–Kier alpha value is -1.40. The molecule has 0 radical (unpaired) electrons. The van der Waals surface area contributed by atoms with Crippen molar-refractivity contribution in [3.63, 3.8) is 0 Å². The third kappa shape index (κ3) is 2.70. The van der Waals surface area contributed by atoms with Crippen molar-refractivity contribution < 1.29 is 4.74 Å². The molecule has 2 heterocycles. The first-order valence-electron chi connectivity index (χ1n) is 5.35. The third-order valence-corrected chi connectivity index (χ3v) is 3.74. The molecule has 0 aliphatic heterocycles. The van der Waals surface area contributed by atoms with Crippen LogP contribution in [0.15, 0.2) is 11.7 Å². The monoisotopic (exact) mass is 284 g/mol. The summed E-state index contributed by atoms with van der Waals surface area (Å²) in [4.78, 5) is 12.4. The lowest BCUT2D eigenvalue weighted by molar-refractivity contribution is 0.412. The Kier molecular flexibility index (Phi) is 3.98. The summed E-state index contributed by atoms with van der Waals surface area (Å²) >= 11 is 7.54. The summed E-state index contributed by atoms with van der Waals surface area (Å²) in [6.07, 6.45) is 1.40. The van der Waals surface area contributed by atoms with Crippen LogP contribution in [0.2, 0.25) is 5.15 Å². The van der Waals surface area contributed by atoms with Crippen LogP contribution in [-0.2, 0) is 0 Å². The zero-order valence-electron chi connectivity index (χ0n) is 10.3. The van der Waals surface area contributed by atoms with Gasteiger partial charge in [0.2, 0.25) is 0 Å². The molecule has 0 fully saturated rings. The number of halogens is 1. The van der Waals surface area contributed by atoms with E-state index in [0.29, 0.717) is 11.6 Å². The number of nitrogens with zero attached hydrogens (tertiary/aromatic N) is 3. The van der Waals surface area contributed by atoms with Crippen LogP contribution in [0.4, 0.5) is 5.82 Å². The molecule has 2 rings (SSSR count). The van der Waals surface area contributed by atoms with Gasteiger partial charge in [0, 0.05) is 11.1 Å². The molecule has 2 aromatic heterocycles. The van der Waals surface area contributed by atoms with Crippen LogP contribution in [0.25, 0.3) is 0 Å². The zero-order valence-corrected chi connectivity index (χ0v) is 11.8. The minimum atomic E-state index is 0.0311. The number of aromatic nitrogens is 3. The average molecular weight is 285 g/mol. The molecule has 2 aromatic rings. The highest BCUT2D eigenvalue weighted by Gasteiger charge is 2.15. The van der Waals surface area contributed by atoms with Crippen molar-refractivity contribution in [2.75, 3.05) is 12.4 Å². The molecule has 5 nitrogen and oxygen atoms in total. The molecule has 7 heteroatoms. The van der Waals surface area contributed by atoms with E-state index in [4.69, 9.17) is 16.3 Å². The Bertz CT molecular complexity index is 546. The summed E-state index contributed by atoms with van der Waals surface area (Å²) in [5.74, 6) is 1.01. The van der Waals surface area contributed by atoms with Gasteiger partial charge in [-0.3, -0.25) is 0 Å². The molecule has 18 heavy (non-hydrogen) atoms. The predicted molar refractivity (Wildman–Crippen MR) is 72.5 cm³/mol. The van der Waals surface area contributed by atoms with Crippen LogP contribution in [-0.4, -0.2) is 22.1 Å². The number of rotatable bonds is 4. The van der Waals surface area contributed by atoms with E-state index in [0.717, 1.165) is 10.7 Å². The second-order valence-electron chi connectivity index (χ2n) is 3.74. The molecule has 96 valence electrons. The highest BCUT2D eigenvalue weighted by atomic mass is 35.5. The van der Waals surface area contributed by atoms with Gasteiger partial charge in [0.25, 0.3) is 0 Å². The van der Waals surface area contributed by atoms with Gasteiger partial charge in [0.15, 0.2) is 16.7 Å². The SMILES string of the molecule is COc1c(Cl)ncnc1NC(C)c1nc(C)cs1. The average Bonchev–Trinajstić information content (AvgIpc) is 2.76. The van der Waals surface area contributed by atoms with Crippen molar-refractivity contribution in [3.05, 3.63) is 27.6 Å². The van der Waals surface area contributed by atoms with Gasteiger partial charge in [-0.2, -0.15) is 0 Å². The van der Waals surface area contributed by atoms with Crippen LogP contribution >= 0.6 is 22.9 Å². The summed E-state index contributed by atoms with van der Waals surface area (Å²) in [7, 11) is 1.54. The fourth-order valence-corrected chi connectivity index (χ4v) is 2.49. The number of anilines is 1. The van der Waals surface area contributed by atoms with Crippen molar-refractivity contribution in [2.24, 2.45) is 0 Å². The first kappa shape index (κ1) is 13.0. The number of hydrogen-bond acceptors (Lipinski definition) is 6. The van der Waals surface area contributed by atoms with Gasteiger partial charge >= 0.3 is 0 Å². The maximum absolute atomic E-state index is 5.93. The van der Waals surface area contributed by atoms with Crippen molar-refractivity contribution >= 4 is 28.8 Å². The molecule has 0 aromatic carbocycles. The van der Waals surface area contributed by atoms with Gasteiger partial charge in [0.1, 0.15) is 11.3 Å². The highest BCUT2D eigenvalue weighted by Crippen LogP contribution is 2.31. The predicted octanol–water partition coefficient (Wildman–Crippen LogP) is 3.08. The molecule has 0 spiro atoms. The summed E-state index contributed by atoms with van der Waals surface area (Å²) in [6.45, 7) is 3.97. The minimum absolute atomic E-state index is 0.0311. The molecule has 0 amide bonds. The Morgan fingerprint density at radius 1 is 1.44 bits per heavy atom. The summed E-state index contributed by atoms with van der Waals surface area (Å²) in [6, 6.07) is 0.0311. The van der Waals surface area contributed by atoms with Crippen molar-refractivity contribution in [3.8, 4) is 5.75 Å². The number of ether oxygens (including phenoxy) is 1. The Balaban J connectivity index is 2.21. The lowest BCUT2D eigenvalue weighted by atomic mass is 10.3. The molecule has 0 bridgehead atoms. The van der Waals surface area contributed by atoms with Gasteiger partial charge in [0.05, 0.1) is 13.2 Å². The van der Waals surface area contributed by atoms with Crippen molar-refractivity contribution in [1.82, 2.24) is 15.0 Å². The number of methoxy groups -OCH3 is 1. The molecule has 0 saturated heterocycles. The quantitative estimate of drug-likeness (QED) is 0.874. The van der Waals surface area contributed by atoms with Gasteiger partial charge in [-0.05, 0) is 13.8 Å². The van der Waals surface area contributed by atoms with Gasteiger partial charge in [-0.25, -0.2) is 15.0 Å². The molecule has 0 aliphatic carbocycles. The van der Waals surface area contributed by atoms with E-state index >= 15 is 0 Å². The number of hydrogen-bond donors (Lipinski definition) is 1. The number of aryl methyl sites for hydroxylation is 1. The second-order valence-corrected chi connectivity index (χ2v) is 4.99. The van der Waals surface area contributed by atoms with Crippen LogP contribution in [0.5, 0.6) is 5.75 Å². The van der Waals surface area contributed by atoms with E-state index in [9.17, 15) is 0 Å². The molecule has 0 saturated carbocycles. The maximum Gasteiger partial charge on any atom is 0.198 e. The fraction of sp³-hybridized carbons (Fsp3) is 0.364. The Labute approximate surface area is 114 Å². The van der Waals surface area contributed by atoms with E-state index in [1.54, 1.807) is 11.3 Å². The summed E-state index contributed by atoms with van der Waals surface area (Å²) in [5.41, 5.74) is 1.01. The molecule has 1 N–H and O–H groups in total. The topological polar surface area (TPSA) is 59.9 Å². The van der Waals surface area contributed by atoms with E-state index < -0.39 is 0 Å². The Morgan fingerprint density at radius 2 is 2.22 bits per heavy atom. The van der Waals surface area contributed by atoms with Crippen LogP contribution in [0.3, 0.4) is 0 Å². The van der Waals surface area contributed by atoms with Crippen LogP contribution in [0, 0.1) is 6.92 Å². The van der Waals surface area contributed by atoms with Crippen LogP contribution in [0.1, 0.15) is 23.7 Å². The van der Waals surface area contributed by atoms with Crippen LogP contribution < -0.4 is 10.1 Å². The molecule has 1 unspecified atom stereocenters. The largest absolute Gasteiger partial charge is 0.490 e. The number of nitrogens with one attached hydrogen (secondary N) is 1. The molecular weight excluding hydrogens is 272 g/mol. The normalized spacial score (nSPS) is 12.2. The van der Waals surface area contributed by atoms with Gasteiger partial charge < -0.3 is 10.1 Å². The second kappa shape index (κ2) is 5.49. The summed E-state index contributed by atoms with van der Waals surface area (Å²) in [5, 5.41) is 6.51. The standard InChI is InChI=1S/C11H13ClN4OS/c1-6-4-18-11(15-6)7(2)16-10-8(17-3)9(12)13-5-14-10/h4-5,7H,1-3H3,(H,13,14,16). The highest BCUT2D eigenvalue weighted by molar-refractivity contribution is 7.09. The minimum Gasteiger partial charge on any atom is -0.490 e. The van der Waals surface area contributed by atoms with E-state index in [1.807, 2.05) is 19.2 Å². The summed E-state index contributed by atoms with van der Waals surface area (Å²) < 4.78 is 5.18. The zero-order chi connectivity index (χ0) is 13.1. The number of thiazole rings is 1. The smallest absolute Gasteiger partial charge is 0.198 e. The maximum atomic E-state index is 5.93.